The summed E-state index contributed by atoms with van der Waals surface area (Å²) in [4.78, 5) is 0. The van der Waals surface area contributed by atoms with Crippen molar-refractivity contribution in [3.05, 3.63) is 54.1 Å². The van der Waals surface area contributed by atoms with Crippen molar-refractivity contribution in [1.29, 1.82) is 0 Å². The van der Waals surface area contributed by atoms with Crippen molar-refractivity contribution in [2.24, 2.45) is 0 Å². The molecule has 2 aromatic carbocycles. The van der Waals surface area contributed by atoms with Crippen molar-refractivity contribution in [2.45, 2.75) is 6.18 Å². The van der Waals surface area contributed by atoms with E-state index in [9.17, 15) is 13.2 Å². The van der Waals surface area contributed by atoms with Crippen molar-refractivity contribution < 1.29 is 13.2 Å². The zero-order valence-electron chi connectivity index (χ0n) is 9.24. The Hall–Kier alpha value is -1.68. The average molecular weight is 274 g/mol. The van der Waals surface area contributed by atoms with E-state index in [0.717, 1.165) is 12.1 Å². The van der Waals surface area contributed by atoms with E-state index in [1.165, 1.54) is 6.07 Å². The van der Waals surface area contributed by atoms with Gasteiger partial charge in [-0.2, -0.15) is 13.2 Å². The molecule has 2 aromatic rings. The maximum atomic E-state index is 12.5. The Balaban J connectivity index is 0.00000162. The van der Waals surface area contributed by atoms with Crippen LogP contribution in [0, 0.1) is 0 Å². The number of nitrogen functional groups attached to an aromatic ring is 1. The van der Waals surface area contributed by atoms with Crippen LogP contribution < -0.4 is 5.73 Å². The van der Waals surface area contributed by atoms with E-state index in [1.807, 2.05) is 0 Å². The lowest BCUT2D eigenvalue weighted by Crippen LogP contribution is -2.04. The number of benzene rings is 2. The summed E-state index contributed by atoms with van der Waals surface area (Å²) < 4.78 is 37.6. The quantitative estimate of drug-likeness (QED) is 0.767. The molecule has 0 amide bonds. The van der Waals surface area contributed by atoms with Crippen molar-refractivity contribution in [2.75, 3.05) is 5.73 Å². The van der Waals surface area contributed by atoms with Gasteiger partial charge in [0.1, 0.15) is 0 Å². The Morgan fingerprint density at radius 3 is 1.94 bits per heavy atom. The van der Waals surface area contributed by atoms with Crippen LogP contribution in [-0.4, -0.2) is 0 Å². The average Bonchev–Trinajstić information content (AvgIpc) is 2.28. The molecule has 0 aliphatic heterocycles. The summed E-state index contributed by atoms with van der Waals surface area (Å²) in [6.07, 6.45) is -4.32. The molecular formula is C13H11ClF3N. The molecule has 0 radical (unpaired) electrons. The van der Waals surface area contributed by atoms with E-state index in [4.69, 9.17) is 5.73 Å². The summed E-state index contributed by atoms with van der Waals surface area (Å²) >= 11 is 0. The lowest BCUT2D eigenvalue weighted by atomic mass is 10.0. The van der Waals surface area contributed by atoms with Gasteiger partial charge >= 0.3 is 6.18 Å². The van der Waals surface area contributed by atoms with Gasteiger partial charge in [-0.1, -0.05) is 24.3 Å². The van der Waals surface area contributed by atoms with Crippen LogP contribution in [0.3, 0.4) is 0 Å². The topological polar surface area (TPSA) is 26.0 Å². The van der Waals surface area contributed by atoms with Gasteiger partial charge in [0.05, 0.1) is 5.56 Å². The van der Waals surface area contributed by atoms with Crippen molar-refractivity contribution in [1.82, 2.24) is 0 Å². The van der Waals surface area contributed by atoms with E-state index in [1.54, 1.807) is 30.3 Å². The number of nitrogens with two attached hydrogens (primary N) is 1. The van der Waals surface area contributed by atoms with Crippen molar-refractivity contribution in [3.8, 4) is 11.1 Å². The number of alkyl halides is 3. The summed E-state index contributed by atoms with van der Waals surface area (Å²) in [7, 11) is 0. The summed E-state index contributed by atoms with van der Waals surface area (Å²) in [5, 5.41) is 0. The van der Waals surface area contributed by atoms with E-state index >= 15 is 0 Å². The molecule has 96 valence electrons. The molecular weight excluding hydrogens is 263 g/mol. The van der Waals surface area contributed by atoms with Crippen LogP contribution in [0.5, 0.6) is 0 Å². The fourth-order valence-electron chi connectivity index (χ4n) is 1.59. The van der Waals surface area contributed by atoms with Crippen molar-refractivity contribution >= 4 is 18.1 Å². The Labute approximate surface area is 109 Å². The molecule has 2 rings (SSSR count). The predicted octanol–water partition coefficient (Wildman–Crippen LogP) is 4.38. The molecule has 0 saturated heterocycles. The van der Waals surface area contributed by atoms with Crippen LogP contribution in [0.1, 0.15) is 5.56 Å². The molecule has 0 aliphatic carbocycles. The first-order chi connectivity index (χ1) is 7.97. The second-order valence-corrected chi connectivity index (χ2v) is 3.70. The summed E-state index contributed by atoms with van der Waals surface area (Å²) in [5.41, 5.74) is 6.65. The fraction of sp³-hybridized carbons (Fsp3) is 0.0769. The first-order valence-corrected chi connectivity index (χ1v) is 5.00. The second-order valence-electron chi connectivity index (χ2n) is 3.70. The molecule has 0 bridgehead atoms. The molecule has 0 aromatic heterocycles. The standard InChI is InChI=1S/C13H10F3N.ClH/c14-13(15,16)11-5-1-3-9(7-11)10-4-2-6-12(17)8-10;/h1-8H,17H2;1H. The highest BCUT2D eigenvalue weighted by molar-refractivity contribution is 5.85. The highest BCUT2D eigenvalue weighted by Gasteiger charge is 2.30. The molecule has 0 spiro atoms. The molecule has 5 heteroatoms. The van der Waals surface area contributed by atoms with Gasteiger partial charge in [0.15, 0.2) is 0 Å². The lowest BCUT2D eigenvalue weighted by molar-refractivity contribution is -0.137. The van der Waals surface area contributed by atoms with E-state index in [-0.39, 0.29) is 12.4 Å². The molecule has 2 N–H and O–H groups in total. The van der Waals surface area contributed by atoms with Gasteiger partial charge in [-0.05, 0) is 35.4 Å². The summed E-state index contributed by atoms with van der Waals surface area (Å²) in [5.74, 6) is 0. The second kappa shape index (κ2) is 5.31. The molecule has 0 saturated carbocycles. The van der Waals surface area contributed by atoms with Crippen LogP contribution in [0.15, 0.2) is 48.5 Å². The van der Waals surface area contributed by atoms with Gasteiger partial charge in [-0.25, -0.2) is 0 Å². The van der Waals surface area contributed by atoms with Gasteiger partial charge < -0.3 is 5.73 Å². The van der Waals surface area contributed by atoms with Crippen LogP contribution in [0.25, 0.3) is 11.1 Å². The lowest BCUT2D eigenvalue weighted by Gasteiger charge is -2.09. The predicted molar refractivity (Wildman–Crippen MR) is 68.5 cm³/mol. The normalized spacial score (nSPS) is 10.8. The third-order valence-corrected chi connectivity index (χ3v) is 2.41. The Morgan fingerprint density at radius 1 is 0.833 bits per heavy atom. The minimum Gasteiger partial charge on any atom is -0.399 e. The molecule has 0 heterocycles. The summed E-state index contributed by atoms with van der Waals surface area (Å²) in [6.45, 7) is 0. The maximum Gasteiger partial charge on any atom is 0.416 e. The maximum absolute atomic E-state index is 12.5. The smallest absolute Gasteiger partial charge is 0.399 e. The Kier molecular flexibility index (Phi) is 4.24. The van der Waals surface area contributed by atoms with Crippen LogP contribution >= 0.6 is 12.4 Å². The van der Waals surface area contributed by atoms with E-state index < -0.39 is 11.7 Å². The molecule has 0 unspecified atom stereocenters. The molecule has 18 heavy (non-hydrogen) atoms. The van der Waals surface area contributed by atoms with Gasteiger partial charge in [0.25, 0.3) is 0 Å². The monoisotopic (exact) mass is 273 g/mol. The van der Waals surface area contributed by atoms with Crippen LogP contribution in [-0.2, 0) is 6.18 Å². The number of anilines is 1. The molecule has 0 fully saturated rings. The van der Waals surface area contributed by atoms with Gasteiger partial charge in [0.2, 0.25) is 0 Å². The number of rotatable bonds is 1. The summed E-state index contributed by atoms with van der Waals surface area (Å²) in [6, 6.07) is 12.0. The highest BCUT2D eigenvalue weighted by Crippen LogP contribution is 2.32. The zero-order chi connectivity index (χ0) is 12.5. The number of hydrogen-bond donors (Lipinski definition) is 1. The third kappa shape index (κ3) is 3.17. The van der Waals surface area contributed by atoms with Gasteiger partial charge in [-0.3, -0.25) is 0 Å². The zero-order valence-corrected chi connectivity index (χ0v) is 10.1. The van der Waals surface area contributed by atoms with Gasteiger partial charge in [-0.15, -0.1) is 12.4 Å². The number of halogens is 4. The first kappa shape index (κ1) is 14.4. The Bertz CT molecular complexity index is 538. The SMILES string of the molecule is Cl.Nc1cccc(-c2cccc(C(F)(F)F)c2)c1. The molecule has 0 aliphatic rings. The third-order valence-electron chi connectivity index (χ3n) is 2.41. The largest absolute Gasteiger partial charge is 0.416 e. The van der Waals surface area contributed by atoms with E-state index in [2.05, 4.69) is 0 Å². The minimum absolute atomic E-state index is 0. The first-order valence-electron chi connectivity index (χ1n) is 5.00. The van der Waals surface area contributed by atoms with E-state index in [0.29, 0.717) is 16.8 Å². The van der Waals surface area contributed by atoms with Crippen LogP contribution in [0.2, 0.25) is 0 Å². The molecule has 1 nitrogen and oxygen atoms in total. The fourth-order valence-corrected chi connectivity index (χ4v) is 1.59. The number of hydrogen-bond acceptors (Lipinski definition) is 1. The van der Waals surface area contributed by atoms with Crippen molar-refractivity contribution in [3.63, 3.8) is 0 Å². The van der Waals surface area contributed by atoms with Crippen LogP contribution in [0.4, 0.5) is 18.9 Å². The Morgan fingerprint density at radius 2 is 1.39 bits per heavy atom. The van der Waals surface area contributed by atoms with Gasteiger partial charge in [0, 0.05) is 5.69 Å². The highest BCUT2D eigenvalue weighted by atomic mass is 35.5. The molecule has 0 atom stereocenters. The minimum atomic E-state index is -4.32.